The molecule has 0 radical (unpaired) electrons. The molecule has 0 saturated heterocycles. The minimum absolute atomic E-state index is 0.343. The van der Waals surface area contributed by atoms with Crippen LogP contribution in [0.1, 0.15) is 23.7 Å². The van der Waals surface area contributed by atoms with E-state index in [9.17, 15) is 9.59 Å². The van der Waals surface area contributed by atoms with E-state index in [1.54, 1.807) is 13.0 Å². The van der Waals surface area contributed by atoms with E-state index in [4.69, 9.17) is 5.11 Å². The number of carboxylic acids is 1. The van der Waals surface area contributed by atoms with Gasteiger partial charge in [-0.15, -0.1) is 0 Å². The van der Waals surface area contributed by atoms with Crippen molar-refractivity contribution in [2.45, 2.75) is 19.4 Å². The van der Waals surface area contributed by atoms with Crippen LogP contribution in [0.25, 0.3) is 0 Å². The first-order valence-electron chi connectivity index (χ1n) is 5.05. The number of carboxylic acid groups (broad SMARTS) is 1. The molecular formula is C11H10I3NO3. The van der Waals surface area contributed by atoms with Gasteiger partial charge in [-0.05, 0) is 86.3 Å². The van der Waals surface area contributed by atoms with Crippen LogP contribution in [0, 0.1) is 10.7 Å². The summed E-state index contributed by atoms with van der Waals surface area (Å²) in [6.07, 6.45) is 0.360. The van der Waals surface area contributed by atoms with E-state index in [0.29, 0.717) is 12.0 Å². The van der Waals surface area contributed by atoms with Crippen LogP contribution in [0.5, 0.6) is 0 Å². The predicted octanol–water partition coefficient (Wildman–Crippen LogP) is 3.09. The minimum Gasteiger partial charge on any atom is -0.480 e. The molecule has 0 fully saturated rings. The molecule has 0 aromatic heterocycles. The highest BCUT2D eigenvalue weighted by atomic mass is 127. The maximum Gasteiger partial charge on any atom is 0.326 e. The highest BCUT2D eigenvalue weighted by Gasteiger charge is 2.20. The Bertz CT molecular complexity index is 491. The molecule has 18 heavy (non-hydrogen) atoms. The van der Waals surface area contributed by atoms with Gasteiger partial charge < -0.3 is 10.4 Å². The average Bonchev–Trinajstić information content (AvgIpc) is 2.29. The van der Waals surface area contributed by atoms with Crippen molar-refractivity contribution in [1.29, 1.82) is 0 Å². The van der Waals surface area contributed by atoms with Crippen molar-refractivity contribution in [3.05, 3.63) is 28.4 Å². The lowest BCUT2D eigenvalue weighted by atomic mass is 10.1. The molecule has 0 aliphatic heterocycles. The number of halogens is 3. The van der Waals surface area contributed by atoms with Crippen molar-refractivity contribution in [3.63, 3.8) is 0 Å². The maximum atomic E-state index is 12.1. The van der Waals surface area contributed by atoms with Crippen molar-refractivity contribution in [1.82, 2.24) is 5.32 Å². The van der Waals surface area contributed by atoms with E-state index in [0.717, 1.165) is 10.7 Å². The Morgan fingerprint density at radius 2 is 1.94 bits per heavy atom. The number of amides is 1. The Labute approximate surface area is 146 Å². The molecule has 1 aromatic rings. The molecule has 0 heterocycles. The van der Waals surface area contributed by atoms with E-state index in [-0.39, 0.29) is 5.91 Å². The molecule has 1 amide bonds. The Balaban J connectivity index is 3.01. The first-order valence-corrected chi connectivity index (χ1v) is 8.28. The van der Waals surface area contributed by atoms with Gasteiger partial charge in [-0.1, -0.05) is 6.92 Å². The van der Waals surface area contributed by atoms with Crippen molar-refractivity contribution in [2.24, 2.45) is 0 Å². The molecule has 1 atom stereocenters. The largest absolute Gasteiger partial charge is 0.480 e. The van der Waals surface area contributed by atoms with Gasteiger partial charge >= 0.3 is 5.97 Å². The number of rotatable bonds is 4. The van der Waals surface area contributed by atoms with Crippen LogP contribution in [0.3, 0.4) is 0 Å². The summed E-state index contributed by atoms with van der Waals surface area (Å²) in [6.45, 7) is 1.72. The topological polar surface area (TPSA) is 66.4 Å². The lowest BCUT2D eigenvalue weighted by Crippen LogP contribution is -2.40. The fourth-order valence-electron chi connectivity index (χ4n) is 1.30. The van der Waals surface area contributed by atoms with Crippen LogP contribution < -0.4 is 5.32 Å². The third-order valence-electron chi connectivity index (χ3n) is 2.25. The molecule has 0 bridgehead atoms. The first kappa shape index (κ1) is 16.4. The molecular weight excluding hydrogens is 575 g/mol. The number of aliphatic carboxylic acids is 1. The predicted molar refractivity (Wildman–Crippen MR) is 93.8 cm³/mol. The SMILES string of the molecule is CCC(NC(=O)c1cc(I)cc(I)c1I)C(=O)O. The number of hydrogen-bond donors (Lipinski definition) is 2. The zero-order chi connectivity index (χ0) is 13.9. The molecule has 7 heteroatoms. The Kier molecular flexibility index (Phi) is 6.58. The van der Waals surface area contributed by atoms with Gasteiger partial charge in [-0.3, -0.25) is 4.79 Å². The molecule has 0 aliphatic carbocycles. The summed E-state index contributed by atoms with van der Waals surface area (Å²) < 4.78 is 2.77. The Hall–Kier alpha value is 0.350. The summed E-state index contributed by atoms with van der Waals surface area (Å²) in [5.41, 5.74) is 0.520. The summed E-state index contributed by atoms with van der Waals surface area (Å²) in [4.78, 5) is 23.0. The van der Waals surface area contributed by atoms with Crippen LogP contribution in [-0.2, 0) is 4.79 Å². The molecule has 0 saturated carbocycles. The van der Waals surface area contributed by atoms with Gasteiger partial charge in [-0.25, -0.2) is 4.79 Å². The maximum absolute atomic E-state index is 12.1. The second-order valence-corrected chi connectivity index (χ2v) is 7.01. The van der Waals surface area contributed by atoms with Crippen LogP contribution >= 0.6 is 67.8 Å². The molecule has 0 spiro atoms. The van der Waals surface area contributed by atoms with Crippen molar-refractivity contribution < 1.29 is 14.7 Å². The van der Waals surface area contributed by atoms with Gasteiger partial charge in [-0.2, -0.15) is 0 Å². The molecule has 4 nitrogen and oxygen atoms in total. The van der Waals surface area contributed by atoms with Gasteiger partial charge in [0.2, 0.25) is 0 Å². The van der Waals surface area contributed by atoms with Gasteiger partial charge in [0.15, 0.2) is 0 Å². The third kappa shape index (κ3) is 4.18. The summed E-state index contributed by atoms with van der Waals surface area (Å²) in [7, 11) is 0. The quantitative estimate of drug-likeness (QED) is 0.422. The Morgan fingerprint density at radius 1 is 1.33 bits per heavy atom. The summed E-state index contributed by atoms with van der Waals surface area (Å²) in [5.74, 6) is -1.36. The Morgan fingerprint density at radius 3 is 2.44 bits per heavy atom. The second kappa shape index (κ2) is 7.22. The summed E-state index contributed by atoms with van der Waals surface area (Å²) >= 11 is 6.38. The number of carbonyl (C=O) groups excluding carboxylic acids is 1. The summed E-state index contributed by atoms with van der Waals surface area (Å²) in [5, 5.41) is 11.5. The number of benzene rings is 1. The number of carbonyl (C=O) groups is 2. The normalized spacial score (nSPS) is 12.0. The first-order chi connectivity index (χ1) is 8.36. The monoisotopic (exact) mass is 585 g/mol. The van der Waals surface area contributed by atoms with Crippen LogP contribution in [0.15, 0.2) is 12.1 Å². The van der Waals surface area contributed by atoms with E-state index < -0.39 is 12.0 Å². The van der Waals surface area contributed by atoms with Crippen LogP contribution in [0.4, 0.5) is 0 Å². The highest BCUT2D eigenvalue weighted by molar-refractivity contribution is 14.1. The fraction of sp³-hybridized carbons (Fsp3) is 0.273. The van der Waals surface area contributed by atoms with Gasteiger partial charge in [0.25, 0.3) is 5.91 Å². The molecule has 0 aliphatic rings. The third-order valence-corrected chi connectivity index (χ3v) is 5.92. The lowest BCUT2D eigenvalue weighted by molar-refractivity contribution is -0.139. The van der Waals surface area contributed by atoms with Crippen molar-refractivity contribution in [2.75, 3.05) is 0 Å². The van der Waals surface area contributed by atoms with Gasteiger partial charge in [0.05, 0.1) is 5.56 Å². The molecule has 1 aromatic carbocycles. The standard InChI is InChI=1S/C11H10I3NO3/c1-2-8(11(17)18)15-10(16)6-3-5(12)4-7(13)9(6)14/h3-4,8H,2H2,1H3,(H,15,16)(H,17,18). The lowest BCUT2D eigenvalue weighted by Gasteiger charge is -2.13. The van der Waals surface area contributed by atoms with Gasteiger partial charge in [0, 0.05) is 10.7 Å². The zero-order valence-corrected chi connectivity index (χ0v) is 15.8. The number of hydrogen-bond acceptors (Lipinski definition) is 2. The zero-order valence-electron chi connectivity index (χ0n) is 9.34. The molecule has 98 valence electrons. The smallest absolute Gasteiger partial charge is 0.326 e. The average molecular weight is 585 g/mol. The highest BCUT2D eigenvalue weighted by Crippen LogP contribution is 2.22. The van der Waals surface area contributed by atoms with E-state index >= 15 is 0 Å². The van der Waals surface area contributed by atoms with Crippen molar-refractivity contribution >= 4 is 79.6 Å². The van der Waals surface area contributed by atoms with Crippen LogP contribution in [-0.4, -0.2) is 23.0 Å². The van der Waals surface area contributed by atoms with Gasteiger partial charge in [0.1, 0.15) is 6.04 Å². The van der Waals surface area contributed by atoms with E-state index in [1.807, 2.05) is 6.07 Å². The molecule has 1 unspecified atom stereocenters. The van der Waals surface area contributed by atoms with E-state index in [2.05, 4.69) is 73.1 Å². The fourth-order valence-corrected chi connectivity index (χ4v) is 3.70. The molecule has 2 N–H and O–H groups in total. The van der Waals surface area contributed by atoms with Crippen LogP contribution in [0.2, 0.25) is 0 Å². The van der Waals surface area contributed by atoms with Crippen molar-refractivity contribution in [3.8, 4) is 0 Å². The minimum atomic E-state index is -1.01. The molecule has 1 rings (SSSR count). The summed E-state index contributed by atoms with van der Waals surface area (Å²) in [6, 6.07) is 2.88. The van der Waals surface area contributed by atoms with E-state index in [1.165, 1.54) is 0 Å². The second-order valence-electron chi connectivity index (χ2n) is 3.52. The number of nitrogens with one attached hydrogen (secondary N) is 1.